The maximum atomic E-state index is 14.1. The molecule has 0 aliphatic rings. The minimum absolute atomic E-state index is 0.0869. The van der Waals surface area contributed by atoms with Crippen LogP contribution in [0.2, 0.25) is 0 Å². The molecule has 160 valence electrons. The number of ketones is 1. The van der Waals surface area contributed by atoms with Gasteiger partial charge in [0.15, 0.2) is 5.65 Å². The highest BCUT2D eigenvalue weighted by atomic mass is 19.1. The molecule has 32 heavy (non-hydrogen) atoms. The van der Waals surface area contributed by atoms with E-state index in [4.69, 9.17) is 0 Å². The van der Waals surface area contributed by atoms with Crippen LogP contribution < -0.4 is 5.56 Å². The zero-order valence-electron chi connectivity index (χ0n) is 16.5. The second-order valence-electron chi connectivity index (χ2n) is 7.38. The summed E-state index contributed by atoms with van der Waals surface area (Å²) in [5, 5.41) is 0.196. The largest absolute Gasteiger partial charge is 0.356 e. The van der Waals surface area contributed by atoms with Crippen molar-refractivity contribution in [1.29, 1.82) is 0 Å². The van der Waals surface area contributed by atoms with Crippen LogP contribution in [0.1, 0.15) is 27.3 Å². The highest BCUT2D eigenvalue weighted by Crippen LogP contribution is 2.23. The van der Waals surface area contributed by atoms with Gasteiger partial charge in [0.2, 0.25) is 5.78 Å². The minimum atomic E-state index is -1.32. The number of aryl methyl sites for hydroxylation is 1. The van der Waals surface area contributed by atoms with Gasteiger partial charge in [-0.25, -0.2) is 23.1 Å². The number of carbonyl (C=O) groups is 1. The summed E-state index contributed by atoms with van der Waals surface area (Å²) in [4.78, 5) is 40.1. The highest BCUT2D eigenvalue weighted by Gasteiger charge is 2.24. The van der Waals surface area contributed by atoms with E-state index in [1.165, 1.54) is 23.0 Å². The number of fused-ring (bicyclic) bond motifs is 2. The fourth-order valence-electron chi connectivity index (χ4n) is 3.65. The second kappa shape index (κ2) is 7.19. The first-order valence-electron chi connectivity index (χ1n) is 9.53. The van der Waals surface area contributed by atoms with Crippen molar-refractivity contribution in [3.63, 3.8) is 0 Å². The van der Waals surface area contributed by atoms with E-state index in [1.807, 2.05) is 13.0 Å². The molecule has 7 nitrogen and oxygen atoms in total. The van der Waals surface area contributed by atoms with Crippen LogP contribution in [0.15, 0.2) is 47.7 Å². The molecule has 4 heterocycles. The highest BCUT2D eigenvalue weighted by molar-refractivity contribution is 6.16. The predicted molar refractivity (Wildman–Crippen MR) is 110 cm³/mol. The van der Waals surface area contributed by atoms with Crippen LogP contribution in [-0.4, -0.2) is 30.3 Å². The minimum Gasteiger partial charge on any atom is -0.356 e. The number of hydrogen-bond acceptors (Lipinski definition) is 4. The summed E-state index contributed by atoms with van der Waals surface area (Å²) in [6, 6.07) is 4.22. The number of halogens is 3. The normalized spacial score (nSPS) is 11.5. The lowest BCUT2D eigenvalue weighted by Crippen LogP contribution is -2.20. The third-order valence-electron chi connectivity index (χ3n) is 5.14. The van der Waals surface area contributed by atoms with Crippen LogP contribution in [0.5, 0.6) is 0 Å². The molecule has 0 atom stereocenters. The van der Waals surface area contributed by atoms with Crippen LogP contribution in [-0.2, 0) is 6.54 Å². The molecule has 0 bridgehead atoms. The molecule has 0 fully saturated rings. The van der Waals surface area contributed by atoms with Gasteiger partial charge in [-0.05, 0) is 24.6 Å². The number of nitrogens with one attached hydrogen (secondary N) is 2. The van der Waals surface area contributed by atoms with Gasteiger partial charge >= 0.3 is 0 Å². The SMILES string of the molecule is Cc1cnc2[nH]c(Cn3ccc4c(C(=O)c5c(F)cc(F)cc5F)c[nH]c4c3=O)nc2c1. The van der Waals surface area contributed by atoms with Gasteiger partial charge in [0.05, 0.1) is 12.1 Å². The molecule has 0 saturated carbocycles. The summed E-state index contributed by atoms with van der Waals surface area (Å²) in [6.45, 7) is 2.01. The number of imidazole rings is 1. The fourth-order valence-corrected chi connectivity index (χ4v) is 3.65. The van der Waals surface area contributed by atoms with Gasteiger partial charge in [0.25, 0.3) is 5.56 Å². The predicted octanol–water partition coefficient (Wildman–Crippen LogP) is 3.61. The van der Waals surface area contributed by atoms with Crippen LogP contribution >= 0.6 is 0 Å². The Morgan fingerprint density at radius 3 is 2.66 bits per heavy atom. The van der Waals surface area contributed by atoms with Crippen LogP contribution in [0.4, 0.5) is 13.2 Å². The van der Waals surface area contributed by atoms with Crippen molar-refractivity contribution in [1.82, 2.24) is 24.5 Å². The number of aromatic amines is 2. The van der Waals surface area contributed by atoms with Crippen molar-refractivity contribution in [2.75, 3.05) is 0 Å². The smallest absolute Gasteiger partial charge is 0.275 e. The summed E-state index contributed by atoms with van der Waals surface area (Å²) in [7, 11) is 0. The number of nitrogens with zero attached hydrogens (tertiary/aromatic N) is 3. The van der Waals surface area contributed by atoms with Gasteiger partial charge in [-0.2, -0.15) is 0 Å². The average Bonchev–Trinajstić information content (AvgIpc) is 3.33. The zero-order valence-corrected chi connectivity index (χ0v) is 16.5. The maximum Gasteiger partial charge on any atom is 0.275 e. The molecule has 0 saturated heterocycles. The number of carbonyl (C=O) groups excluding carboxylic acids is 1. The Morgan fingerprint density at radius 1 is 1.16 bits per heavy atom. The second-order valence-corrected chi connectivity index (χ2v) is 7.38. The molecule has 2 N–H and O–H groups in total. The van der Waals surface area contributed by atoms with Gasteiger partial charge in [0, 0.05) is 41.7 Å². The summed E-state index contributed by atoms with van der Waals surface area (Å²) in [6.07, 6.45) is 4.36. The molecule has 4 aromatic heterocycles. The summed E-state index contributed by atoms with van der Waals surface area (Å²) in [5.74, 6) is -4.25. The molecule has 5 rings (SSSR count). The van der Waals surface area contributed by atoms with Crippen LogP contribution in [0.3, 0.4) is 0 Å². The lowest BCUT2D eigenvalue weighted by atomic mass is 10.0. The molecule has 0 unspecified atom stereocenters. The van der Waals surface area contributed by atoms with Crippen LogP contribution in [0.25, 0.3) is 22.1 Å². The van der Waals surface area contributed by atoms with Gasteiger partial charge in [0.1, 0.15) is 34.3 Å². The number of rotatable bonds is 4. The monoisotopic (exact) mass is 437 g/mol. The molecule has 0 radical (unpaired) electrons. The van der Waals surface area contributed by atoms with Gasteiger partial charge < -0.3 is 14.5 Å². The quantitative estimate of drug-likeness (QED) is 0.420. The Kier molecular flexibility index (Phi) is 4.43. The Bertz CT molecular complexity index is 1580. The van der Waals surface area contributed by atoms with Crippen molar-refractivity contribution in [2.24, 2.45) is 0 Å². The van der Waals surface area contributed by atoms with E-state index in [0.717, 1.165) is 5.56 Å². The van der Waals surface area contributed by atoms with Crippen molar-refractivity contribution in [2.45, 2.75) is 13.5 Å². The molecule has 1 aromatic carbocycles. The molecule has 0 spiro atoms. The summed E-state index contributed by atoms with van der Waals surface area (Å²) >= 11 is 0. The fraction of sp³-hybridized carbons (Fsp3) is 0.0909. The maximum absolute atomic E-state index is 14.1. The lowest BCUT2D eigenvalue weighted by Gasteiger charge is -2.05. The molecular formula is C22H14F3N5O2. The van der Waals surface area contributed by atoms with E-state index >= 15 is 0 Å². The Morgan fingerprint density at radius 2 is 1.91 bits per heavy atom. The molecule has 0 amide bonds. The molecule has 10 heteroatoms. The molecular weight excluding hydrogens is 423 g/mol. The molecule has 5 aromatic rings. The number of aromatic nitrogens is 5. The lowest BCUT2D eigenvalue weighted by molar-refractivity contribution is 0.103. The first-order chi connectivity index (χ1) is 15.3. The first-order valence-corrected chi connectivity index (χ1v) is 9.53. The summed E-state index contributed by atoms with van der Waals surface area (Å²) in [5.41, 5.74) is 0.862. The van der Waals surface area contributed by atoms with E-state index in [9.17, 15) is 22.8 Å². The molecule has 0 aliphatic heterocycles. The van der Waals surface area contributed by atoms with Gasteiger partial charge in [-0.15, -0.1) is 0 Å². The third-order valence-corrected chi connectivity index (χ3v) is 5.14. The number of pyridine rings is 2. The van der Waals surface area contributed by atoms with E-state index in [-0.39, 0.29) is 23.0 Å². The summed E-state index contributed by atoms with van der Waals surface area (Å²) < 4.78 is 42.7. The third kappa shape index (κ3) is 3.16. The number of H-pyrrole nitrogens is 2. The van der Waals surface area contributed by atoms with E-state index < -0.39 is 34.4 Å². The van der Waals surface area contributed by atoms with Gasteiger partial charge in [-0.3, -0.25) is 9.59 Å². The average molecular weight is 437 g/mol. The Balaban J connectivity index is 1.53. The zero-order chi connectivity index (χ0) is 22.6. The van der Waals surface area contributed by atoms with E-state index in [0.29, 0.717) is 29.1 Å². The first kappa shape index (κ1) is 19.7. The van der Waals surface area contributed by atoms with Crippen molar-refractivity contribution < 1.29 is 18.0 Å². The van der Waals surface area contributed by atoms with Gasteiger partial charge in [-0.1, -0.05) is 0 Å². The van der Waals surface area contributed by atoms with Crippen molar-refractivity contribution in [3.8, 4) is 0 Å². The topological polar surface area (TPSA) is 96.4 Å². The van der Waals surface area contributed by atoms with E-state index in [1.54, 1.807) is 6.20 Å². The van der Waals surface area contributed by atoms with Crippen LogP contribution in [0, 0.1) is 24.4 Å². The number of benzene rings is 1. The van der Waals surface area contributed by atoms with Crippen molar-refractivity contribution >= 4 is 27.9 Å². The Labute approximate surface area is 177 Å². The molecule has 0 aliphatic carbocycles. The van der Waals surface area contributed by atoms with E-state index in [2.05, 4.69) is 19.9 Å². The Hall–Kier alpha value is -4.21. The number of hydrogen-bond donors (Lipinski definition) is 2. The van der Waals surface area contributed by atoms with Crippen molar-refractivity contribution in [3.05, 3.63) is 93.2 Å². The standard InChI is InChI=1S/C22H14F3N5O2/c1-10-4-16-21(27-7-10)29-17(28-16)9-30-3-2-12-13(8-26-19(12)22(30)32)20(31)18-14(24)5-11(23)6-15(18)25/h2-8,26H,9H2,1H3,(H,27,28,29).